The highest BCUT2D eigenvalue weighted by molar-refractivity contribution is 5.62. The molecule has 15 heavy (non-hydrogen) atoms. The van der Waals surface area contributed by atoms with Crippen molar-refractivity contribution in [2.75, 3.05) is 37.4 Å². The number of hydrogen-bond acceptors (Lipinski definition) is 4. The van der Waals surface area contributed by atoms with Crippen LogP contribution in [0.5, 0.6) is 0 Å². The van der Waals surface area contributed by atoms with Gasteiger partial charge in [0.05, 0.1) is 18.5 Å². The molecule has 0 amide bonds. The summed E-state index contributed by atoms with van der Waals surface area (Å²) in [5, 5.41) is 6.67. The van der Waals surface area contributed by atoms with Crippen molar-refractivity contribution in [3.63, 3.8) is 0 Å². The summed E-state index contributed by atoms with van der Waals surface area (Å²) in [6.07, 6.45) is 1.76. The molecule has 0 unspecified atom stereocenters. The molecule has 0 fully saturated rings. The van der Waals surface area contributed by atoms with Crippen molar-refractivity contribution in [3.05, 3.63) is 6.20 Å². The molecular formula is C10H20N4O. The number of nitrogen functional groups attached to an aromatic ring is 1. The minimum Gasteiger partial charge on any atom is -0.383 e. The first kappa shape index (κ1) is 11.8. The number of ether oxygens (including phenoxy) is 1. The SMILES string of the molecule is COCCN(CC(C)C)c1cn[nH]c1N. The van der Waals surface area contributed by atoms with Gasteiger partial charge >= 0.3 is 0 Å². The first-order valence-electron chi connectivity index (χ1n) is 5.18. The molecule has 5 heteroatoms. The lowest BCUT2D eigenvalue weighted by atomic mass is 10.2. The molecule has 0 bridgehead atoms. The number of hydrogen-bond donors (Lipinski definition) is 2. The van der Waals surface area contributed by atoms with Gasteiger partial charge in [-0.05, 0) is 5.92 Å². The summed E-state index contributed by atoms with van der Waals surface area (Å²) in [5.41, 5.74) is 6.75. The molecule has 1 heterocycles. The van der Waals surface area contributed by atoms with Crippen LogP contribution in [0.25, 0.3) is 0 Å². The maximum atomic E-state index is 5.79. The van der Waals surface area contributed by atoms with Gasteiger partial charge in [-0.25, -0.2) is 0 Å². The molecule has 1 rings (SSSR count). The summed E-state index contributed by atoms with van der Waals surface area (Å²) in [6.45, 7) is 6.83. The number of nitrogens with one attached hydrogen (secondary N) is 1. The predicted octanol–water partition coefficient (Wildman–Crippen LogP) is 1.10. The van der Waals surface area contributed by atoms with Crippen LogP contribution in [-0.4, -0.2) is 37.0 Å². The number of nitrogens with zero attached hydrogens (tertiary/aromatic N) is 2. The van der Waals surface area contributed by atoms with Crippen molar-refractivity contribution in [1.82, 2.24) is 10.2 Å². The Morgan fingerprint density at radius 3 is 2.80 bits per heavy atom. The Hall–Kier alpha value is -1.23. The Bertz CT molecular complexity index is 285. The monoisotopic (exact) mass is 212 g/mol. The zero-order valence-electron chi connectivity index (χ0n) is 9.66. The van der Waals surface area contributed by atoms with Crippen LogP contribution in [0.4, 0.5) is 11.5 Å². The number of anilines is 2. The normalized spacial score (nSPS) is 10.9. The van der Waals surface area contributed by atoms with Crippen LogP contribution in [0.2, 0.25) is 0 Å². The van der Waals surface area contributed by atoms with Crippen LogP contribution in [0.15, 0.2) is 6.20 Å². The molecule has 86 valence electrons. The number of methoxy groups -OCH3 is 1. The van der Waals surface area contributed by atoms with Gasteiger partial charge in [0, 0.05) is 20.2 Å². The van der Waals surface area contributed by atoms with Crippen LogP contribution in [0.3, 0.4) is 0 Å². The van der Waals surface area contributed by atoms with Gasteiger partial charge in [-0.2, -0.15) is 5.10 Å². The maximum Gasteiger partial charge on any atom is 0.142 e. The van der Waals surface area contributed by atoms with Gasteiger partial charge < -0.3 is 15.4 Å². The molecule has 3 N–H and O–H groups in total. The Morgan fingerprint density at radius 1 is 1.60 bits per heavy atom. The second-order valence-electron chi connectivity index (χ2n) is 4.00. The summed E-state index contributed by atoms with van der Waals surface area (Å²) in [4.78, 5) is 2.19. The van der Waals surface area contributed by atoms with E-state index in [1.54, 1.807) is 13.3 Å². The number of H-pyrrole nitrogens is 1. The third-order valence-corrected chi connectivity index (χ3v) is 2.14. The van der Waals surface area contributed by atoms with E-state index in [1.807, 2.05) is 0 Å². The van der Waals surface area contributed by atoms with E-state index in [-0.39, 0.29) is 0 Å². The Kier molecular flexibility index (Phi) is 4.42. The van der Waals surface area contributed by atoms with E-state index in [9.17, 15) is 0 Å². The van der Waals surface area contributed by atoms with Gasteiger partial charge in [0.15, 0.2) is 0 Å². The summed E-state index contributed by atoms with van der Waals surface area (Å²) in [5.74, 6) is 1.20. The second kappa shape index (κ2) is 5.60. The van der Waals surface area contributed by atoms with Crippen LogP contribution in [-0.2, 0) is 4.74 Å². The fourth-order valence-electron chi connectivity index (χ4n) is 1.49. The molecule has 0 atom stereocenters. The minimum absolute atomic E-state index is 0.580. The first-order valence-corrected chi connectivity index (χ1v) is 5.18. The van der Waals surface area contributed by atoms with E-state index < -0.39 is 0 Å². The molecule has 0 radical (unpaired) electrons. The number of aromatic amines is 1. The number of nitrogens with two attached hydrogens (primary N) is 1. The van der Waals surface area contributed by atoms with Crippen molar-refractivity contribution in [2.24, 2.45) is 5.92 Å². The van der Waals surface area contributed by atoms with Gasteiger partial charge in [-0.1, -0.05) is 13.8 Å². The highest BCUT2D eigenvalue weighted by atomic mass is 16.5. The summed E-state index contributed by atoms with van der Waals surface area (Å²) in [6, 6.07) is 0. The van der Waals surface area contributed by atoms with Gasteiger partial charge in [-0.15, -0.1) is 0 Å². The van der Waals surface area contributed by atoms with Crippen LogP contribution >= 0.6 is 0 Å². The fraction of sp³-hybridized carbons (Fsp3) is 0.700. The molecule has 5 nitrogen and oxygen atoms in total. The molecule has 0 aliphatic rings. The average Bonchev–Trinajstić information content (AvgIpc) is 2.58. The smallest absolute Gasteiger partial charge is 0.142 e. The molecule has 0 saturated carbocycles. The zero-order chi connectivity index (χ0) is 11.3. The number of rotatable bonds is 6. The van der Waals surface area contributed by atoms with E-state index in [0.717, 1.165) is 18.8 Å². The largest absolute Gasteiger partial charge is 0.383 e. The third kappa shape index (κ3) is 3.43. The quantitative estimate of drug-likeness (QED) is 0.741. The molecule has 0 spiro atoms. The third-order valence-electron chi connectivity index (χ3n) is 2.14. The molecular weight excluding hydrogens is 192 g/mol. The molecule has 0 saturated heterocycles. The molecule has 1 aromatic rings. The average molecular weight is 212 g/mol. The number of aromatic nitrogens is 2. The van der Waals surface area contributed by atoms with Crippen LogP contribution < -0.4 is 10.6 Å². The zero-order valence-corrected chi connectivity index (χ0v) is 9.66. The molecule has 0 aliphatic heterocycles. The second-order valence-corrected chi connectivity index (χ2v) is 4.00. The maximum absolute atomic E-state index is 5.79. The Morgan fingerprint density at radius 2 is 2.33 bits per heavy atom. The molecule has 0 aromatic carbocycles. The lowest BCUT2D eigenvalue weighted by Gasteiger charge is -2.25. The highest BCUT2D eigenvalue weighted by Gasteiger charge is 2.12. The van der Waals surface area contributed by atoms with E-state index in [2.05, 4.69) is 28.9 Å². The van der Waals surface area contributed by atoms with Crippen molar-refractivity contribution >= 4 is 11.5 Å². The van der Waals surface area contributed by atoms with Crippen LogP contribution in [0, 0.1) is 5.92 Å². The van der Waals surface area contributed by atoms with Gasteiger partial charge in [0.25, 0.3) is 0 Å². The highest BCUT2D eigenvalue weighted by Crippen LogP contribution is 2.20. The van der Waals surface area contributed by atoms with Crippen molar-refractivity contribution in [2.45, 2.75) is 13.8 Å². The topological polar surface area (TPSA) is 67.2 Å². The lowest BCUT2D eigenvalue weighted by Crippen LogP contribution is -2.31. The van der Waals surface area contributed by atoms with E-state index in [4.69, 9.17) is 10.5 Å². The van der Waals surface area contributed by atoms with Gasteiger partial charge in [0.2, 0.25) is 0 Å². The van der Waals surface area contributed by atoms with Gasteiger partial charge in [0.1, 0.15) is 5.82 Å². The van der Waals surface area contributed by atoms with Crippen molar-refractivity contribution in [3.8, 4) is 0 Å². The molecule has 0 aliphatic carbocycles. The van der Waals surface area contributed by atoms with E-state index >= 15 is 0 Å². The summed E-state index contributed by atoms with van der Waals surface area (Å²) in [7, 11) is 1.70. The summed E-state index contributed by atoms with van der Waals surface area (Å²) < 4.78 is 5.08. The van der Waals surface area contributed by atoms with Crippen molar-refractivity contribution in [1.29, 1.82) is 0 Å². The Balaban J connectivity index is 2.67. The fourth-order valence-corrected chi connectivity index (χ4v) is 1.49. The van der Waals surface area contributed by atoms with E-state index in [0.29, 0.717) is 18.3 Å². The first-order chi connectivity index (χ1) is 7.15. The lowest BCUT2D eigenvalue weighted by molar-refractivity contribution is 0.204. The van der Waals surface area contributed by atoms with Crippen molar-refractivity contribution < 1.29 is 4.74 Å². The standard InChI is InChI=1S/C10H20N4O/c1-8(2)7-14(4-5-15-3)9-6-12-13-10(9)11/h6,8H,4-5,7H2,1-3H3,(H3,11,12,13). The van der Waals surface area contributed by atoms with Crippen LogP contribution in [0.1, 0.15) is 13.8 Å². The minimum atomic E-state index is 0.580. The Labute approximate surface area is 90.6 Å². The molecule has 1 aromatic heterocycles. The predicted molar refractivity (Wildman–Crippen MR) is 61.9 cm³/mol. The van der Waals surface area contributed by atoms with Gasteiger partial charge in [-0.3, -0.25) is 5.10 Å². The van der Waals surface area contributed by atoms with E-state index in [1.165, 1.54) is 0 Å². The summed E-state index contributed by atoms with van der Waals surface area (Å²) >= 11 is 0.